The lowest BCUT2D eigenvalue weighted by Gasteiger charge is -2.11. The molecule has 3 aromatic rings. The quantitative estimate of drug-likeness (QED) is 0.260. The van der Waals surface area contributed by atoms with Gasteiger partial charge in [0.15, 0.2) is 0 Å². The molecule has 0 aliphatic carbocycles. The fourth-order valence-corrected chi connectivity index (χ4v) is 2.62. The van der Waals surface area contributed by atoms with Crippen molar-refractivity contribution in [3.05, 3.63) is 104 Å². The molecule has 0 aliphatic heterocycles. The van der Waals surface area contributed by atoms with E-state index in [9.17, 15) is 19.7 Å². The Morgan fingerprint density at radius 1 is 1.07 bits per heavy atom. The average Bonchev–Trinajstić information content (AvgIpc) is 3.22. The molecular formula is C21H15ClN2O6. The van der Waals surface area contributed by atoms with Crippen LogP contribution in [0.4, 0.5) is 5.88 Å². The van der Waals surface area contributed by atoms with E-state index in [4.69, 9.17) is 20.8 Å². The molecule has 0 bridgehead atoms. The highest BCUT2D eigenvalue weighted by molar-refractivity contribution is 6.31. The van der Waals surface area contributed by atoms with Crippen LogP contribution in [0.5, 0.6) is 0 Å². The lowest BCUT2D eigenvalue weighted by molar-refractivity contribution is -0.402. The number of hydrogen-bond donors (Lipinski definition) is 1. The summed E-state index contributed by atoms with van der Waals surface area (Å²) in [5.41, 5.74) is 0.641. The van der Waals surface area contributed by atoms with Crippen molar-refractivity contribution < 1.29 is 23.7 Å². The maximum absolute atomic E-state index is 12.6. The number of nitro groups is 1. The molecule has 0 unspecified atom stereocenters. The molecule has 152 valence electrons. The molecule has 0 fully saturated rings. The summed E-state index contributed by atoms with van der Waals surface area (Å²) in [6.45, 7) is -0.130. The van der Waals surface area contributed by atoms with Gasteiger partial charge in [0.2, 0.25) is 0 Å². The van der Waals surface area contributed by atoms with Gasteiger partial charge in [-0.15, -0.1) is 0 Å². The van der Waals surface area contributed by atoms with Gasteiger partial charge in [0.25, 0.3) is 5.91 Å². The molecule has 1 aromatic heterocycles. The number of hydrogen-bond acceptors (Lipinski definition) is 6. The van der Waals surface area contributed by atoms with Crippen LogP contribution in [0.2, 0.25) is 5.02 Å². The SMILES string of the molecule is O=C(OCc1ccccc1Cl)C(=Cc1ccc([N+](=O)[O-])o1)NC(=O)c1ccccc1. The van der Waals surface area contributed by atoms with Crippen molar-refractivity contribution in [3.8, 4) is 0 Å². The summed E-state index contributed by atoms with van der Waals surface area (Å²) in [7, 11) is 0. The van der Waals surface area contributed by atoms with Crippen LogP contribution in [-0.4, -0.2) is 16.8 Å². The van der Waals surface area contributed by atoms with Crippen LogP contribution in [0.15, 0.2) is 76.8 Å². The average molecular weight is 427 g/mol. The van der Waals surface area contributed by atoms with Gasteiger partial charge in [-0.05, 0) is 24.3 Å². The molecule has 1 N–H and O–H groups in total. The van der Waals surface area contributed by atoms with Crippen molar-refractivity contribution in [1.29, 1.82) is 0 Å². The molecule has 0 atom stereocenters. The molecule has 0 saturated heterocycles. The molecule has 1 heterocycles. The van der Waals surface area contributed by atoms with Crippen molar-refractivity contribution in [3.63, 3.8) is 0 Å². The number of ether oxygens (including phenoxy) is 1. The van der Waals surface area contributed by atoms with Crippen molar-refractivity contribution in [2.45, 2.75) is 6.61 Å². The fourth-order valence-electron chi connectivity index (χ4n) is 2.43. The highest BCUT2D eigenvalue weighted by Gasteiger charge is 2.19. The fraction of sp³-hybridized carbons (Fsp3) is 0.0476. The Morgan fingerprint density at radius 2 is 1.77 bits per heavy atom. The van der Waals surface area contributed by atoms with E-state index < -0.39 is 22.7 Å². The molecule has 0 aliphatic rings. The van der Waals surface area contributed by atoms with Gasteiger partial charge in [-0.1, -0.05) is 48.0 Å². The molecule has 2 aromatic carbocycles. The van der Waals surface area contributed by atoms with Gasteiger partial charge >= 0.3 is 11.9 Å². The van der Waals surface area contributed by atoms with Crippen LogP contribution in [0.1, 0.15) is 21.7 Å². The Balaban J connectivity index is 1.83. The first-order valence-corrected chi connectivity index (χ1v) is 9.04. The predicted octanol–water partition coefficient (Wildman–Crippen LogP) is 4.36. The van der Waals surface area contributed by atoms with Gasteiger partial charge in [-0.2, -0.15) is 0 Å². The summed E-state index contributed by atoms with van der Waals surface area (Å²) in [4.78, 5) is 35.2. The molecule has 9 heteroatoms. The van der Waals surface area contributed by atoms with Crippen molar-refractivity contribution in [1.82, 2.24) is 5.32 Å². The maximum Gasteiger partial charge on any atom is 0.433 e. The number of nitrogens with one attached hydrogen (secondary N) is 1. The number of esters is 1. The highest BCUT2D eigenvalue weighted by Crippen LogP contribution is 2.19. The van der Waals surface area contributed by atoms with Gasteiger partial charge in [-0.25, -0.2) is 4.79 Å². The molecule has 8 nitrogen and oxygen atoms in total. The van der Waals surface area contributed by atoms with Gasteiger partial charge < -0.3 is 14.5 Å². The lowest BCUT2D eigenvalue weighted by atomic mass is 10.2. The van der Waals surface area contributed by atoms with E-state index in [0.29, 0.717) is 16.1 Å². The molecule has 0 saturated carbocycles. The second-order valence-electron chi connectivity index (χ2n) is 5.98. The van der Waals surface area contributed by atoms with Crippen LogP contribution >= 0.6 is 11.6 Å². The first-order valence-electron chi connectivity index (χ1n) is 8.67. The zero-order chi connectivity index (χ0) is 21.5. The van der Waals surface area contributed by atoms with Crippen LogP contribution in [0.3, 0.4) is 0 Å². The molecule has 0 radical (unpaired) electrons. The zero-order valence-corrected chi connectivity index (χ0v) is 16.2. The number of amides is 1. The third-order valence-electron chi connectivity index (χ3n) is 3.90. The Labute approximate surface area is 175 Å². The Kier molecular flexibility index (Phi) is 6.61. The number of furan rings is 1. The summed E-state index contributed by atoms with van der Waals surface area (Å²) in [6.07, 6.45) is 1.16. The number of nitrogens with zero attached hydrogens (tertiary/aromatic N) is 1. The number of carbonyl (C=O) groups is 2. The molecule has 30 heavy (non-hydrogen) atoms. The van der Waals surface area contributed by atoms with Crippen molar-refractivity contribution in [2.24, 2.45) is 0 Å². The third-order valence-corrected chi connectivity index (χ3v) is 4.27. The lowest BCUT2D eigenvalue weighted by Crippen LogP contribution is -2.28. The molecular weight excluding hydrogens is 412 g/mol. The summed E-state index contributed by atoms with van der Waals surface area (Å²) in [5, 5.41) is 13.7. The first kappa shape index (κ1) is 20.8. The Bertz CT molecular complexity index is 1110. The second-order valence-corrected chi connectivity index (χ2v) is 6.39. The van der Waals surface area contributed by atoms with E-state index >= 15 is 0 Å². The maximum atomic E-state index is 12.6. The van der Waals surface area contributed by atoms with Gasteiger partial charge in [0, 0.05) is 22.2 Å². The van der Waals surface area contributed by atoms with Crippen molar-refractivity contribution >= 4 is 35.4 Å². The largest absolute Gasteiger partial charge is 0.456 e. The Morgan fingerprint density at radius 3 is 2.43 bits per heavy atom. The molecule has 3 rings (SSSR count). The van der Waals surface area contributed by atoms with E-state index in [2.05, 4.69) is 5.32 Å². The second kappa shape index (κ2) is 9.53. The summed E-state index contributed by atoms with van der Waals surface area (Å²) in [5.74, 6) is -1.92. The number of halogens is 1. The van der Waals surface area contributed by atoms with Gasteiger partial charge in [0.1, 0.15) is 23.0 Å². The summed E-state index contributed by atoms with van der Waals surface area (Å²) >= 11 is 6.06. The number of carbonyl (C=O) groups excluding carboxylic acids is 2. The zero-order valence-electron chi connectivity index (χ0n) is 15.4. The predicted molar refractivity (Wildman–Crippen MR) is 108 cm³/mol. The minimum absolute atomic E-state index is 0.000227. The van der Waals surface area contributed by atoms with Crippen LogP contribution in [0.25, 0.3) is 6.08 Å². The number of benzene rings is 2. The standard InChI is InChI=1S/C21H15ClN2O6/c22-17-9-5-4-8-15(17)13-29-21(26)18(12-16-10-11-19(30-16)24(27)28)23-20(25)14-6-2-1-3-7-14/h1-12H,13H2,(H,23,25). The van der Waals surface area contributed by atoms with Crippen molar-refractivity contribution in [2.75, 3.05) is 0 Å². The van der Waals surface area contributed by atoms with E-state index in [-0.39, 0.29) is 18.1 Å². The minimum Gasteiger partial charge on any atom is -0.456 e. The monoisotopic (exact) mass is 426 g/mol. The van der Waals surface area contributed by atoms with Gasteiger partial charge in [-0.3, -0.25) is 14.9 Å². The summed E-state index contributed by atoms with van der Waals surface area (Å²) in [6, 6.07) is 17.5. The number of rotatable bonds is 7. The van der Waals surface area contributed by atoms with Crippen LogP contribution in [0, 0.1) is 10.1 Å². The molecule has 0 spiro atoms. The topological polar surface area (TPSA) is 112 Å². The van der Waals surface area contributed by atoms with E-state index in [1.54, 1.807) is 54.6 Å². The third kappa shape index (κ3) is 5.33. The first-order chi connectivity index (χ1) is 14.4. The van der Waals surface area contributed by atoms with Gasteiger partial charge in [0.05, 0.1) is 6.07 Å². The smallest absolute Gasteiger partial charge is 0.433 e. The van der Waals surface area contributed by atoms with E-state index in [1.165, 1.54) is 6.07 Å². The molecule has 1 amide bonds. The van der Waals surface area contributed by atoms with Crippen LogP contribution in [-0.2, 0) is 16.1 Å². The normalized spacial score (nSPS) is 11.0. The highest BCUT2D eigenvalue weighted by atomic mass is 35.5. The van der Waals surface area contributed by atoms with E-state index in [0.717, 1.165) is 12.1 Å². The minimum atomic E-state index is -0.863. The van der Waals surface area contributed by atoms with Crippen LogP contribution < -0.4 is 5.32 Å². The summed E-state index contributed by atoms with van der Waals surface area (Å²) < 4.78 is 10.3. The van der Waals surface area contributed by atoms with E-state index in [1.807, 2.05) is 0 Å². The Hall–Kier alpha value is -3.91.